The van der Waals surface area contributed by atoms with Crippen LogP contribution in [0.4, 0.5) is 5.69 Å². The van der Waals surface area contributed by atoms with Crippen molar-refractivity contribution < 1.29 is 0 Å². The first-order valence-electron chi connectivity index (χ1n) is 5.11. The number of anilines is 1. The SMILES string of the molecule is Cc1ccc(Br)cc1NCCCCC#N. The van der Waals surface area contributed by atoms with Gasteiger partial charge in [0.15, 0.2) is 0 Å². The number of unbranched alkanes of at least 4 members (excludes halogenated alkanes) is 2. The third-order valence-electron chi connectivity index (χ3n) is 2.23. The lowest BCUT2D eigenvalue weighted by Crippen LogP contribution is -2.02. The van der Waals surface area contributed by atoms with Gasteiger partial charge in [-0.05, 0) is 37.5 Å². The van der Waals surface area contributed by atoms with E-state index >= 15 is 0 Å². The molecule has 0 saturated carbocycles. The molecule has 0 fully saturated rings. The number of hydrogen-bond acceptors (Lipinski definition) is 2. The second-order valence-electron chi connectivity index (χ2n) is 3.50. The maximum atomic E-state index is 8.39. The molecule has 0 aromatic heterocycles. The Labute approximate surface area is 99.4 Å². The zero-order chi connectivity index (χ0) is 11.1. The summed E-state index contributed by atoms with van der Waals surface area (Å²) >= 11 is 3.45. The molecule has 15 heavy (non-hydrogen) atoms. The predicted octanol–water partition coefficient (Wildman–Crippen LogP) is 3.86. The van der Waals surface area contributed by atoms with Crippen molar-refractivity contribution in [1.29, 1.82) is 5.26 Å². The average molecular weight is 267 g/mol. The van der Waals surface area contributed by atoms with Crippen LogP contribution in [0, 0.1) is 18.3 Å². The zero-order valence-corrected chi connectivity index (χ0v) is 10.5. The first-order valence-corrected chi connectivity index (χ1v) is 5.90. The molecule has 0 bridgehead atoms. The zero-order valence-electron chi connectivity index (χ0n) is 8.89. The normalized spacial score (nSPS) is 9.67. The van der Waals surface area contributed by atoms with E-state index in [0.717, 1.165) is 23.9 Å². The Morgan fingerprint density at radius 1 is 1.40 bits per heavy atom. The third kappa shape index (κ3) is 4.35. The number of benzene rings is 1. The Morgan fingerprint density at radius 3 is 2.93 bits per heavy atom. The second kappa shape index (κ2) is 6.47. The summed E-state index contributed by atoms with van der Waals surface area (Å²) in [4.78, 5) is 0. The minimum Gasteiger partial charge on any atom is -0.385 e. The lowest BCUT2D eigenvalue weighted by Gasteiger charge is -2.09. The summed E-state index contributed by atoms with van der Waals surface area (Å²) < 4.78 is 1.09. The highest BCUT2D eigenvalue weighted by atomic mass is 79.9. The predicted molar refractivity (Wildman–Crippen MR) is 66.8 cm³/mol. The number of hydrogen-bond donors (Lipinski definition) is 1. The van der Waals surface area contributed by atoms with Crippen LogP contribution >= 0.6 is 15.9 Å². The number of aryl methyl sites for hydroxylation is 1. The molecule has 0 aliphatic rings. The molecule has 0 aliphatic carbocycles. The fourth-order valence-electron chi connectivity index (χ4n) is 1.34. The van der Waals surface area contributed by atoms with Gasteiger partial charge in [0.2, 0.25) is 0 Å². The fourth-order valence-corrected chi connectivity index (χ4v) is 1.70. The quantitative estimate of drug-likeness (QED) is 0.822. The van der Waals surface area contributed by atoms with Gasteiger partial charge in [0.25, 0.3) is 0 Å². The molecule has 1 rings (SSSR count). The van der Waals surface area contributed by atoms with E-state index in [2.05, 4.69) is 46.4 Å². The monoisotopic (exact) mass is 266 g/mol. The van der Waals surface area contributed by atoms with Gasteiger partial charge in [-0.1, -0.05) is 22.0 Å². The van der Waals surface area contributed by atoms with Crippen molar-refractivity contribution in [3.63, 3.8) is 0 Å². The summed E-state index contributed by atoms with van der Waals surface area (Å²) in [6.45, 7) is 3.02. The van der Waals surface area contributed by atoms with Gasteiger partial charge in [-0.15, -0.1) is 0 Å². The summed E-state index contributed by atoms with van der Waals surface area (Å²) in [6, 6.07) is 8.36. The molecule has 0 saturated heterocycles. The Hall–Kier alpha value is -1.01. The number of halogens is 1. The maximum absolute atomic E-state index is 8.39. The summed E-state index contributed by atoms with van der Waals surface area (Å²) in [6.07, 6.45) is 2.66. The van der Waals surface area contributed by atoms with Crippen LogP contribution < -0.4 is 5.32 Å². The molecule has 1 N–H and O–H groups in total. The first-order chi connectivity index (χ1) is 7.24. The van der Waals surface area contributed by atoms with E-state index in [1.54, 1.807) is 0 Å². The van der Waals surface area contributed by atoms with E-state index in [0.29, 0.717) is 6.42 Å². The topological polar surface area (TPSA) is 35.8 Å². The highest BCUT2D eigenvalue weighted by molar-refractivity contribution is 9.10. The van der Waals surface area contributed by atoms with Gasteiger partial charge in [-0.25, -0.2) is 0 Å². The van der Waals surface area contributed by atoms with Crippen LogP contribution in [0.3, 0.4) is 0 Å². The minimum atomic E-state index is 0.652. The molecule has 0 amide bonds. The van der Waals surface area contributed by atoms with Crippen LogP contribution in [0.5, 0.6) is 0 Å². The summed E-state index contributed by atoms with van der Waals surface area (Å²) in [5.41, 5.74) is 2.42. The summed E-state index contributed by atoms with van der Waals surface area (Å²) in [5, 5.41) is 11.8. The van der Waals surface area contributed by atoms with Crippen LogP contribution in [0.15, 0.2) is 22.7 Å². The van der Waals surface area contributed by atoms with E-state index in [-0.39, 0.29) is 0 Å². The van der Waals surface area contributed by atoms with Crippen LogP contribution in [0.25, 0.3) is 0 Å². The van der Waals surface area contributed by atoms with Gasteiger partial charge >= 0.3 is 0 Å². The van der Waals surface area contributed by atoms with Crippen LogP contribution in [-0.4, -0.2) is 6.54 Å². The van der Waals surface area contributed by atoms with E-state index < -0.39 is 0 Å². The molecule has 0 aliphatic heterocycles. The standard InChI is InChI=1S/C12H15BrN2/c1-10-5-6-11(13)9-12(10)15-8-4-2-3-7-14/h5-6,9,15H,2-4,8H2,1H3. The average Bonchev–Trinajstić information content (AvgIpc) is 2.23. The first kappa shape index (κ1) is 12.1. The van der Waals surface area contributed by atoms with Crippen LogP contribution in [-0.2, 0) is 0 Å². The molecule has 0 radical (unpaired) electrons. The number of nitrogens with zero attached hydrogens (tertiary/aromatic N) is 1. The van der Waals surface area contributed by atoms with Crippen molar-refractivity contribution in [1.82, 2.24) is 0 Å². The molecule has 80 valence electrons. The Bertz CT molecular complexity index is 355. The van der Waals surface area contributed by atoms with E-state index in [1.807, 2.05) is 6.07 Å². The van der Waals surface area contributed by atoms with Gasteiger partial charge in [0, 0.05) is 23.1 Å². The molecule has 0 heterocycles. The second-order valence-corrected chi connectivity index (χ2v) is 4.42. The van der Waals surface area contributed by atoms with Crippen LogP contribution in [0.2, 0.25) is 0 Å². The maximum Gasteiger partial charge on any atom is 0.0621 e. The van der Waals surface area contributed by atoms with Crippen molar-refractivity contribution in [3.05, 3.63) is 28.2 Å². The number of nitriles is 1. The van der Waals surface area contributed by atoms with E-state index in [4.69, 9.17) is 5.26 Å². The van der Waals surface area contributed by atoms with Crippen molar-refractivity contribution in [3.8, 4) is 6.07 Å². The lowest BCUT2D eigenvalue weighted by atomic mass is 10.2. The highest BCUT2D eigenvalue weighted by Crippen LogP contribution is 2.20. The molecule has 0 atom stereocenters. The molecule has 3 heteroatoms. The minimum absolute atomic E-state index is 0.652. The Balaban J connectivity index is 2.37. The fraction of sp³-hybridized carbons (Fsp3) is 0.417. The van der Waals surface area contributed by atoms with Gasteiger partial charge < -0.3 is 5.32 Å². The molecule has 0 unspecified atom stereocenters. The number of nitrogens with one attached hydrogen (secondary N) is 1. The van der Waals surface area contributed by atoms with E-state index in [1.165, 1.54) is 11.3 Å². The van der Waals surface area contributed by atoms with E-state index in [9.17, 15) is 0 Å². The molecule has 1 aromatic carbocycles. The molecule has 2 nitrogen and oxygen atoms in total. The molecular weight excluding hydrogens is 252 g/mol. The van der Waals surface area contributed by atoms with Crippen LogP contribution in [0.1, 0.15) is 24.8 Å². The van der Waals surface area contributed by atoms with Gasteiger partial charge in [-0.2, -0.15) is 5.26 Å². The van der Waals surface area contributed by atoms with Crippen molar-refractivity contribution >= 4 is 21.6 Å². The molecule has 1 aromatic rings. The van der Waals surface area contributed by atoms with Crippen molar-refractivity contribution in [2.75, 3.05) is 11.9 Å². The summed E-state index contributed by atoms with van der Waals surface area (Å²) in [5.74, 6) is 0. The molecule has 0 spiro atoms. The largest absolute Gasteiger partial charge is 0.385 e. The van der Waals surface area contributed by atoms with Gasteiger partial charge in [-0.3, -0.25) is 0 Å². The third-order valence-corrected chi connectivity index (χ3v) is 2.72. The molecular formula is C12H15BrN2. The Morgan fingerprint density at radius 2 is 2.20 bits per heavy atom. The number of rotatable bonds is 5. The highest BCUT2D eigenvalue weighted by Gasteiger charge is 1.97. The summed E-state index contributed by atoms with van der Waals surface area (Å²) in [7, 11) is 0. The lowest BCUT2D eigenvalue weighted by molar-refractivity contribution is 0.784. The van der Waals surface area contributed by atoms with Crippen molar-refractivity contribution in [2.45, 2.75) is 26.2 Å². The van der Waals surface area contributed by atoms with Gasteiger partial charge in [0.05, 0.1) is 6.07 Å². The Kier molecular flexibility index (Phi) is 5.20. The van der Waals surface area contributed by atoms with Crippen molar-refractivity contribution in [2.24, 2.45) is 0 Å². The van der Waals surface area contributed by atoms with Gasteiger partial charge in [0.1, 0.15) is 0 Å². The smallest absolute Gasteiger partial charge is 0.0621 e.